The van der Waals surface area contributed by atoms with Crippen LogP contribution in [0.15, 0.2) is 79.7 Å². The van der Waals surface area contributed by atoms with Gasteiger partial charge in [0, 0.05) is 15.6 Å². The first kappa shape index (κ1) is 26.1. The zero-order chi connectivity index (χ0) is 25.7. The van der Waals surface area contributed by atoms with Crippen LogP contribution in [0.4, 0.5) is 0 Å². The minimum atomic E-state index is -1.15. The molecule has 1 heterocycles. The molecule has 3 aromatic carbocycles. The predicted octanol–water partition coefficient (Wildman–Crippen LogP) is 7.61. The Morgan fingerprint density at radius 2 is 1.75 bits per heavy atom. The maximum Gasteiger partial charge on any atom is 0.342 e. The van der Waals surface area contributed by atoms with Crippen molar-refractivity contribution in [3.63, 3.8) is 0 Å². The van der Waals surface area contributed by atoms with Crippen LogP contribution in [0.2, 0.25) is 10.0 Å². The van der Waals surface area contributed by atoms with E-state index in [-0.39, 0.29) is 16.0 Å². The number of methoxy groups -OCH3 is 1. The number of aliphatic carboxylic acids is 1. The lowest BCUT2D eigenvalue weighted by Crippen LogP contribution is -2.00. The number of thioether (sulfide) groups is 1. The molecule has 0 saturated heterocycles. The molecule has 0 aliphatic rings. The Hall–Kier alpha value is -2.98. The third-order valence-electron chi connectivity index (χ3n) is 4.75. The summed E-state index contributed by atoms with van der Waals surface area (Å²) in [5.74, 6) is 0.0238. The highest BCUT2D eigenvalue weighted by Crippen LogP contribution is 2.39. The molecule has 1 aromatic heterocycles. The fourth-order valence-electron chi connectivity index (χ4n) is 3.04. The van der Waals surface area contributed by atoms with Gasteiger partial charge >= 0.3 is 5.97 Å². The van der Waals surface area contributed by atoms with Gasteiger partial charge in [-0.1, -0.05) is 35.3 Å². The third kappa shape index (κ3) is 6.61. The molecule has 184 valence electrons. The van der Waals surface area contributed by atoms with Crippen LogP contribution >= 0.6 is 50.9 Å². The van der Waals surface area contributed by atoms with Gasteiger partial charge in [0.25, 0.3) is 5.22 Å². The summed E-state index contributed by atoms with van der Waals surface area (Å²) in [4.78, 5) is 11.9. The maximum absolute atomic E-state index is 11.9. The molecular weight excluding hydrogens is 591 g/mol. The van der Waals surface area contributed by atoms with Gasteiger partial charge in [0.05, 0.1) is 11.6 Å². The highest BCUT2D eigenvalue weighted by atomic mass is 79.9. The number of hydrogen-bond donors (Lipinski definition) is 1. The van der Waals surface area contributed by atoms with Gasteiger partial charge in [0.2, 0.25) is 5.89 Å². The Morgan fingerprint density at radius 3 is 2.39 bits per heavy atom. The third-order valence-corrected chi connectivity index (χ3v) is 6.70. The minimum absolute atomic E-state index is 0.0231. The van der Waals surface area contributed by atoms with Crippen molar-refractivity contribution in [2.45, 2.75) is 11.8 Å². The van der Waals surface area contributed by atoms with Gasteiger partial charge in [0.15, 0.2) is 11.5 Å². The number of ether oxygens (including phenoxy) is 2. The zero-order valence-electron chi connectivity index (χ0n) is 18.6. The van der Waals surface area contributed by atoms with E-state index in [0.717, 1.165) is 17.3 Å². The Balaban J connectivity index is 1.54. The second kappa shape index (κ2) is 11.8. The standard InChI is InChI=1S/C25H17BrCl2N2O5S/c1-33-20-11-15(10-19(26)22(20)34-13-14-2-6-17(27)7-3-14)12-21(24(31)32)36-25-30-29-23(35-25)16-4-8-18(28)9-5-16/h2-12H,13H2,1H3,(H,31,32)/b21-12-. The lowest BCUT2D eigenvalue weighted by molar-refractivity contribution is -0.131. The van der Waals surface area contributed by atoms with Crippen LogP contribution in [-0.2, 0) is 11.4 Å². The van der Waals surface area contributed by atoms with Crippen molar-refractivity contribution >= 4 is 62.9 Å². The predicted molar refractivity (Wildman–Crippen MR) is 143 cm³/mol. The Morgan fingerprint density at radius 1 is 1.08 bits per heavy atom. The number of nitrogens with zero attached hydrogens (tertiary/aromatic N) is 2. The van der Waals surface area contributed by atoms with Crippen LogP contribution in [0.5, 0.6) is 11.5 Å². The SMILES string of the molecule is COc1cc(/C=C(\Sc2nnc(-c3ccc(Cl)cc3)o2)C(=O)O)cc(Br)c1OCc1ccc(Cl)cc1. The maximum atomic E-state index is 11.9. The molecule has 7 nitrogen and oxygen atoms in total. The van der Waals surface area contributed by atoms with Crippen molar-refractivity contribution < 1.29 is 23.8 Å². The molecule has 0 atom stereocenters. The second-order valence-electron chi connectivity index (χ2n) is 7.25. The molecule has 0 amide bonds. The lowest BCUT2D eigenvalue weighted by atomic mass is 10.2. The van der Waals surface area contributed by atoms with E-state index in [4.69, 9.17) is 37.1 Å². The molecule has 0 bridgehead atoms. The van der Waals surface area contributed by atoms with Gasteiger partial charge in [-0.3, -0.25) is 0 Å². The molecule has 0 radical (unpaired) electrons. The minimum Gasteiger partial charge on any atom is -0.493 e. The van der Waals surface area contributed by atoms with E-state index in [0.29, 0.717) is 43.8 Å². The quantitative estimate of drug-likeness (QED) is 0.153. The molecule has 1 N–H and O–H groups in total. The van der Waals surface area contributed by atoms with Gasteiger partial charge in [-0.2, -0.15) is 0 Å². The number of benzene rings is 3. The van der Waals surface area contributed by atoms with Crippen molar-refractivity contribution in [2.75, 3.05) is 7.11 Å². The largest absolute Gasteiger partial charge is 0.493 e. The van der Waals surface area contributed by atoms with Gasteiger partial charge in [0.1, 0.15) is 11.5 Å². The number of carbonyl (C=O) groups is 1. The molecule has 0 aliphatic carbocycles. The normalized spacial score (nSPS) is 11.4. The summed E-state index contributed by atoms with van der Waals surface area (Å²) in [6, 6.07) is 17.6. The van der Waals surface area contributed by atoms with Crippen molar-refractivity contribution in [2.24, 2.45) is 0 Å². The van der Waals surface area contributed by atoms with E-state index in [9.17, 15) is 9.90 Å². The van der Waals surface area contributed by atoms with Crippen molar-refractivity contribution in [3.8, 4) is 23.0 Å². The summed E-state index contributed by atoms with van der Waals surface area (Å²) >= 11 is 16.2. The Bertz CT molecular complexity index is 1410. The van der Waals surface area contributed by atoms with E-state index in [1.807, 2.05) is 12.1 Å². The van der Waals surface area contributed by atoms with E-state index in [2.05, 4.69) is 26.1 Å². The average Bonchev–Trinajstić information content (AvgIpc) is 3.32. The molecule has 0 fully saturated rings. The van der Waals surface area contributed by atoms with Gasteiger partial charge in [-0.25, -0.2) is 4.79 Å². The van der Waals surface area contributed by atoms with Gasteiger partial charge < -0.3 is 19.0 Å². The summed E-state index contributed by atoms with van der Waals surface area (Å²) in [6.45, 7) is 0.296. The lowest BCUT2D eigenvalue weighted by Gasteiger charge is -2.14. The fraction of sp³-hybridized carbons (Fsp3) is 0.0800. The first-order chi connectivity index (χ1) is 17.3. The highest BCUT2D eigenvalue weighted by molar-refractivity contribution is 9.10. The van der Waals surface area contributed by atoms with E-state index in [1.54, 1.807) is 48.5 Å². The number of carboxylic acids is 1. The Kier molecular flexibility index (Phi) is 8.58. The number of halogens is 3. The summed E-state index contributed by atoms with van der Waals surface area (Å²) < 4.78 is 17.7. The number of carboxylic acid groups (broad SMARTS) is 1. The molecule has 11 heteroatoms. The first-order valence-electron chi connectivity index (χ1n) is 10.3. The highest BCUT2D eigenvalue weighted by Gasteiger charge is 2.18. The van der Waals surface area contributed by atoms with Crippen LogP contribution < -0.4 is 9.47 Å². The summed E-state index contributed by atoms with van der Waals surface area (Å²) in [5.41, 5.74) is 2.17. The van der Waals surface area contributed by atoms with Crippen molar-refractivity contribution in [3.05, 3.63) is 91.2 Å². The van der Waals surface area contributed by atoms with Crippen LogP contribution in [0.3, 0.4) is 0 Å². The zero-order valence-corrected chi connectivity index (χ0v) is 22.5. The average molecular weight is 608 g/mol. The van der Waals surface area contributed by atoms with Crippen molar-refractivity contribution in [1.82, 2.24) is 10.2 Å². The molecule has 0 saturated carbocycles. The van der Waals surface area contributed by atoms with Crippen LogP contribution in [0.25, 0.3) is 17.5 Å². The van der Waals surface area contributed by atoms with Crippen LogP contribution in [0.1, 0.15) is 11.1 Å². The molecule has 36 heavy (non-hydrogen) atoms. The molecule has 4 aromatic rings. The molecule has 4 rings (SSSR count). The van der Waals surface area contributed by atoms with Gasteiger partial charge in [-0.15, -0.1) is 10.2 Å². The summed E-state index contributed by atoms with van der Waals surface area (Å²) in [6.07, 6.45) is 1.48. The molecular formula is C25H17BrCl2N2O5S. The summed E-state index contributed by atoms with van der Waals surface area (Å²) in [7, 11) is 1.51. The monoisotopic (exact) mass is 606 g/mol. The van der Waals surface area contributed by atoms with E-state index in [1.165, 1.54) is 13.2 Å². The number of hydrogen-bond acceptors (Lipinski definition) is 7. The van der Waals surface area contributed by atoms with E-state index >= 15 is 0 Å². The smallest absolute Gasteiger partial charge is 0.342 e. The molecule has 0 spiro atoms. The summed E-state index contributed by atoms with van der Waals surface area (Å²) in [5, 5.41) is 19.0. The fourth-order valence-corrected chi connectivity index (χ4v) is 4.54. The topological polar surface area (TPSA) is 94.7 Å². The van der Waals surface area contributed by atoms with Gasteiger partial charge in [-0.05, 0) is 93.4 Å². The molecule has 0 aliphatic heterocycles. The Labute approximate surface area is 229 Å². The second-order valence-corrected chi connectivity index (χ2v) is 9.97. The number of aromatic nitrogens is 2. The van der Waals surface area contributed by atoms with Crippen LogP contribution in [0, 0.1) is 0 Å². The van der Waals surface area contributed by atoms with E-state index < -0.39 is 5.97 Å². The number of rotatable bonds is 9. The van der Waals surface area contributed by atoms with Crippen LogP contribution in [-0.4, -0.2) is 28.4 Å². The molecule has 0 unspecified atom stereocenters. The first-order valence-corrected chi connectivity index (χ1v) is 12.7. The van der Waals surface area contributed by atoms with Crippen molar-refractivity contribution in [1.29, 1.82) is 0 Å².